The Morgan fingerprint density at radius 1 is 1.05 bits per heavy atom. The first-order chi connectivity index (χ1) is 20.6. The van der Waals surface area contributed by atoms with Gasteiger partial charge in [-0.2, -0.15) is 5.10 Å². The van der Waals surface area contributed by atoms with Gasteiger partial charge < -0.3 is 25.4 Å². The number of hydrogen-bond donors (Lipinski definition) is 4. The largest absolute Gasteiger partial charge is 0.497 e. The summed E-state index contributed by atoms with van der Waals surface area (Å²) in [4.78, 5) is 53.6. The van der Waals surface area contributed by atoms with Gasteiger partial charge >= 0.3 is 0 Å². The Labute approximate surface area is 252 Å². The molecule has 11 heteroatoms. The second-order valence-corrected chi connectivity index (χ2v) is 12.5. The quantitative estimate of drug-likeness (QED) is 0.260. The van der Waals surface area contributed by atoms with E-state index in [0.29, 0.717) is 37.5 Å². The summed E-state index contributed by atoms with van der Waals surface area (Å²) in [6.07, 6.45) is 8.76. The summed E-state index contributed by atoms with van der Waals surface area (Å²) >= 11 is 0. The van der Waals surface area contributed by atoms with E-state index >= 15 is 0 Å². The average Bonchev–Trinajstić information content (AvgIpc) is 3.36. The van der Waals surface area contributed by atoms with E-state index in [2.05, 4.69) is 26.1 Å². The van der Waals surface area contributed by atoms with Crippen LogP contribution in [-0.2, 0) is 43.2 Å². The number of fused-ring (bicyclic) bond motifs is 1. The molecule has 4 N–H and O–H groups in total. The van der Waals surface area contributed by atoms with Crippen LogP contribution in [-0.4, -0.2) is 71.1 Å². The van der Waals surface area contributed by atoms with Crippen LogP contribution in [0, 0.1) is 11.8 Å². The van der Waals surface area contributed by atoms with Crippen molar-refractivity contribution in [3.63, 3.8) is 0 Å². The maximum absolute atomic E-state index is 13.8. The lowest BCUT2D eigenvalue weighted by Crippen LogP contribution is -2.57. The summed E-state index contributed by atoms with van der Waals surface area (Å²) in [5, 5.41) is 15.7. The van der Waals surface area contributed by atoms with Crippen molar-refractivity contribution in [3.05, 3.63) is 47.3 Å². The van der Waals surface area contributed by atoms with Gasteiger partial charge in [0, 0.05) is 18.0 Å². The van der Waals surface area contributed by atoms with Gasteiger partial charge in [-0.05, 0) is 68.7 Å². The van der Waals surface area contributed by atoms with Gasteiger partial charge in [0.25, 0.3) is 0 Å². The number of amides is 3. The topological polar surface area (TPSA) is 155 Å². The van der Waals surface area contributed by atoms with E-state index in [1.165, 1.54) is 0 Å². The highest BCUT2D eigenvalue weighted by molar-refractivity contribution is 5.98. The number of Topliss-reactive ketones (excluding diaryl/α,β-unsaturated/α-hetero) is 1. The van der Waals surface area contributed by atoms with E-state index in [9.17, 15) is 19.2 Å². The number of carbonyl (C=O) groups excluding carboxylic acids is 4. The molecule has 2 heterocycles. The number of hydrogen-bond acceptors (Lipinski definition) is 7. The molecule has 3 aliphatic rings. The Balaban J connectivity index is 1.26. The zero-order chi connectivity index (χ0) is 30.6. The van der Waals surface area contributed by atoms with Crippen molar-refractivity contribution in [3.8, 4) is 5.75 Å². The standard InChI is InChI=1S/C32H43N5O6/c1-19(34-30(40)22-10-13-25-23(16-22)17-33-37-25)29(39)36-27(15-21-8-11-24(42-3)12-9-21)31(41)35-26(14-20-6-4-5-7-20)28(38)32(2)18-43-32/h8-9,11-12,17,19-20,22,26-27H,4-7,10,13-16,18H2,1-3H3,(H,33,37)(H,34,40)(H,35,41)(H,36,39)/t19-,22+,26+,27+,32+/m1/s1. The first-order valence-electron chi connectivity index (χ1n) is 15.4. The van der Waals surface area contributed by atoms with E-state index in [0.717, 1.165) is 48.9 Å². The molecule has 1 saturated carbocycles. The van der Waals surface area contributed by atoms with Crippen molar-refractivity contribution < 1.29 is 28.7 Å². The van der Waals surface area contributed by atoms with Crippen LogP contribution in [0.5, 0.6) is 5.75 Å². The second kappa shape index (κ2) is 13.3. The highest BCUT2D eigenvalue weighted by atomic mass is 16.6. The van der Waals surface area contributed by atoms with Gasteiger partial charge in [-0.25, -0.2) is 0 Å². The van der Waals surface area contributed by atoms with Crippen LogP contribution < -0.4 is 20.7 Å². The maximum Gasteiger partial charge on any atom is 0.243 e. The van der Waals surface area contributed by atoms with E-state index < -0.39 is 35.5 Å². The van der Waals surface area contributed by atoms with Gasteiger partial charge in [-0.3, -0.25) is 24.3 Å². The number of aromatic amines is 1. The fraction of sp³-hybridized carbons (Fsp3) is 0.594. The summed E-state index contributed by atoms with van der Waals surface area (Å²) in [6, 6.07) is 4.74. The molecule has 1 saturated heterocycles. The normalized spacial score (nSPS) is 23.4. The van der Waals surface area contributed by atoms with E-state index in [1.807, 2.05) is 12.1 Å². The number of ketones is 1. The smallest absolute Gasteiger partial charge is 0.243 e. The maximum atomic E-state index is 13.8. The molecule has 0 spiro atoms. The van der Waals surface area contributed by atoms with Crippen molar-refractivity contribution >= 4 is 23.5 Å². The molecule has 43 heavy (non-hydrogen) atoms. The highest BCUT2D eigenvalue weighted by Crippen LogP contribution is 2.33. The van der Waals surface area contributed by atoms with Crippen molar-refractivity contribution in [1.29, 1.82) is 0 Å². The molecular weight excluding hydrogens is 550 g/mol. The molecule has 0 radical (unpaired) electrons. The zero-order valence-corrected chi connectivity index (χ0v) is 25.2. The van der Waals surface area contributed by atoms with Gasteiger partial charge in [-0.1, -0.05) is 37.8 Å². The molecule has 1 aliphatic heterocycles. The zero-order valence-electron chi connectivity index (χ0n) is 25.2. The molecule has 0 unspecified atom stereocenters. The lowest BCUT2D eigenvalue weighted by molar-refractivity contribution is -0.134. The number of H-pyrrole nitrogens is 1. The molecule has 2 aliphatic carbocycles. The number of benzene rings is 1. The molecule has 2 aromatic rings. The van der Waals surface area contributed by atoms with E-state index in [-0.39, 0.29) is 24.0 Å². The minimum Gasteiger partial charge on any atom is -0.497 e. The summed E-state index contributed by atoms with van der Waals surface area (Å²) in [7, 11) is 1.58. The Morgan fingerprint density at radius 2 is 1.74 bits per heavy atom. The third-order valence-corrected chi connectivity index (χ3v) is 9.15. The molecule has 232 valence electrons. The second-order valence-electron chi connectivity index (χ2n) is 12.5. The van der Waals surface area contributed by atoms with Crippen molar-refractivity contribution in [1.82, 2.24) is 26.1 Å². The lowest BCUT2D eigenvalue weighted by atomic mass is 9.87. The summed E-state index contributed by atoms with van der Waals surface area (Å²) < 4.78 is 10.7. The van der Waals surface area contributed by atoms with E-state index in [4.69, 9.17) is 9.47 Å². The fourth-order valence-electron chi connectivity index (χ4n) is 6.24. The minimum atomic E-state index is -0.963. The molecule has 5 rings (SSSR count). The highest BCUT2D eigenvalue weighted by Gasteiger charge is 2.50. The van der Waals surface area contributed by atoms with Crippen LogP contribution >= 0.6 is 0 Å². The Morgan fingerprint density at radius 3 is 2.42 bits per heavy atom. The minimum absolute atomic E-state index is 0.129. The molecule has 11 nitrogen and oxygen atoms in total. The number of aryl methyl sites for hydroxylation is 1. The monoisotopic (exact) mass is 593 g/mol. The molecule has 0 bridgehead atoms. The Kier molecular flexibility index (Phi) is 9.49. The first-order valence-corrected chi connectivity index (χ1v) is 15.4. The molecule has 1 aromatic carbocycles. The molecule has 3 amide bonds. The average molecular weight is 594 g/mol. The number of ether oxygens (including phenoxy) is 2. The summed E-state index contributed by atoms with van der Waals surface area (Å²) in [6.45, 7) is 3.71. The van der Waals surface area contributed by atoms with Crippen LogP contribution in [0.15, 0.2) is 30.5 Å². The number of carbonyl (C=O) groups is 4. The fourth-order valence-corrected chi connectivity index (χ4v) is 6.24. The molecule has 1 aromatic heterocycles. The number of rotatable bonds is 13. The van der Waals surface area contributed by atoms with Crippen LogP contribution in [0.1, 0.15) is 69.2 Å². The van der Waals surface area contributed by atoms with Gasteiger partial charge in [0.2, 0.25) is 17.7 Å². The van der Waals surface area contributed by atoms with Crippen molar-refractivity contribution in [2.24, 2.45) is 11.8 Å². The lowest BCUT2D eigenvalue weighted by Gasteiger charge is -2.27. The predicted octanol–water partition coefficient (Wildman–Crippen LogP) is 2.18. The predicted molar refractivity (Wildman–Crippen MR) is 158 cm³/mol. The molecule has 2 fully saturated rings. The van der Waals surface area contributed by atoms with Gasteiger partial charge in [0.05, 0.1) is 26.0 Å². The first kappa shape index (κ1) is 30.7. The van der Waals surface area contributed by atoms with Crippen LogP contribution in [0.3, 0.4) is 0 Å². The number of nitrogens with zero attached hydrogens (tertiary/aromatic N) is 1. The third-order valence-electron chi connectivity index (χ3n) is 9.15. The number of aromatic nitrogens is 2. The molecule has 5 atom stereocenters. The van der Waals surface area contributed by atoms with Crippen LogP contribution in [0.25, 0.3) is 0 Å². The van der Waals surface area contributed by atoms with Gasteiger partial charge in [-0.15, -0.1) is 0 Å². The Bertz CT molecular complexity index is 1310. The van der Waals surface area contributed by atoms with Crippen LogP contribution in [0.4, 0.5) is 0 Å². The summed E-state index contributed by atoms with van der Waals surface area (Å²) in [5.74, 6) is -0.468. The van der Waals surface area contributed by atoms with Crippen molar-refractivity contribution in [2.75, 3.05) is 13.7 Å². The van der Waals surface area contributed by atoms with Gasteiger partial charge in [0.1, 0.15) is 23.4 Å². The van der Waals surface area contributed by atoms with Gasteiger partial charge in [0.15, 0.2) is 5.78 Å². The van der Waals surface area contributed by atoms with Crippen molar-refractivity contribution in [2.45, 2.75) is 95.4 Å². The van der Waals surface area contributed by atoms with E-state index in [1.54, 1.807) is 39.3 Å². The van der Waals surface area contributed by atoms with Crippen LogP contribution in [0.2, 0.25) is 0 Å². The third kappa shape index (κ3) is 7.62. The summed E-state index contributed by atoms with van der Waals surface area (Å²) in [5.41, 5.74) is 2.01. The number of nitrogens with one attached hydrogen (secondary N) is 4. The number of methoxy groups -OCH3 is 1. The molecular formula is C32H43N5O6. The number of epoxide rings is 1. The SMILES string of the molecule is COc1ccc(C[C@H](NC(=O)[C@@H](C)NC(=O)[C@H]2CCc3[nH]ncc3C2)C(=O)N[C@@H](CC2CCCC2)C(=O)[C@]2(C)CO2)cc1. The Hall–Kier alpha value is -3.73.